The number of thioether (sulfide) groups is 1. The molecule has 7 nitrogen and oxygen atoms in total. The van der Waals surface area contributed by atoms with Crippen LogP contribution < -0.4 is 16.0 Å². The molecule has 2 aromatic rings. The van der Waals surface area contributed by atoms with Gasteiger partial charge in [-0.25, -0.2) is 0 Å². The van der Waals surface area contributed by atoms with Crippen LogP contribution in [0.3, 0.4) is 0 Å². The van der Waals surface area contributed by atoms with Crippen molar-refractivity contribution in [1.29, 1.82) is 0 Å². The molecule has 154 valence electrons. The highest BCUT2D eigenvalue weighted by molar-refractivity contribution is 8.00. The van der Waals surface area contributed by atoms with Crippen LogP contribution in [0.25, 0.3) is 0 Å². The Bertz CT molecular complexity index is 892. The van der Waals surface area contributed by atoms with Crippen molar-refractivity contribution in [1.82, 2.24) is 5.32 Å². The van der Waals surface area contributed by atoms with Crippen LogP contribution >= 0.6 is 23.4 Å². The van der Waals surface area contributed by atoms with Crippen molar-refractivity contribution in [2.24, 2.45) is 0 Å². The number of methoxy groups -OCH3 is 1. The Hall–Kier alpha value is -2.55. The molecule has 0 heterocycles. The Morgan fingerprint density at radius 1 is 1.10 bits per heavy atom. The highest BCUT2D eigenvalue weighted by Crippen LogP contribution is 2.28. The Balaban J connectivity index is 2.08. The normalized spacial score (nSPS) is 10.3. The number of benzene rings is 2. The van der Waals surface area contributed by atoms with Gasteiger partial charge in [0.05, 0.1) is 28.6 Å². The van der Waals surface area contributed by atoms with Gasteiger partial charge in [-0.1, -0.05) is 23.7 Å². The molecule has 2 aromatic carbocycles. The summed E-state index contributed by atoms with van der Waals surface area (Å²) in [5, 5.41) is 8.48. The predicted molar refractivity (Wildman–Crippen MR) is 116 cm³/mol. The van der Waals surface area contributed by atoms with Crippen molar-refractivity contribution in [2.45, 2.75) is 11.8 Å². The van der Waals surface area contributed by atoms with Crippen LogP contribution in [0.15, 0.2) is 47.4 Å². The second-order valence-electron chi connectivity index (χ2n) is 5.96. The van der Waals surface area contributed by atoms with Crippen LogP contribution in [0, 0.1) is 0 Å². The highest BCUT2D eigenvalue weighted by atomic mass is 35.5. The fourth-order valence-corrected chi connectivity index (χ4v) is 3.40. The quantitative estimate of drug-likeness (QED) is 0.414. The molecule has 0 atom stereocenters. The number of amides is 3. The van der Waals surface area contributed by atoms with Crippen molar-refractivity contribution in [2.75, 3.05) is 36.6 Å². The van der Waals surface area contributed by atoms with Crippen LogP contribution in [-0.2, 0) is 14.3 Å². The summed E-state index contributed by atoms with van der Waals surface area (Å²) in [6.07, 6.45) is 0. The van der Waals surface area contributed by atoms with Crippen molar-refractivity contribution >= 4 is 52.5 Å². The van der Waals surface area contributed by atoms with Crippen LogP contribution in [0.2, 0.25) is 5.02 Å². The number of nitrogens with one attached hydrogen (secondary N) is 3. The molecule has 0 saturated heterocycles. The molecule has 29 heavy (non-hydrogen) atoms. The zero-order valence-electron chi connectivity index (χ0n) is 16.1. The number of carbonyl (C=O) groups excluding carboxylic acids is 3. The molecule has 3 N–H and O–H groups in total. The lowest BCUT2D eigenvalue weighted by Crippen LogP contribution is -2.28. The van der Waals surface area contributed by atoms with E-state index in [-0.39, 0.29) is 23.5 Å². The zero-order chi connectivity index (χ0) is 21.2. The first kappa shape index (κ1) is 22.7. The van der Waals surface area contributed by atoms with Gasteiger partial charge >= 0.3 is 0 Å². The third kappa shape index (κ3) is 7.41. The van der Waals surface area contributed by atoms with Gasteiger partial charge in [0, 0.05) is 31.2 Å². The van der Waals surface area contributed by atoms with Gasteiger partial charge in [0.2, 0.25) is 11.8 Å². The average Bonchev–Trinajstić information content (AvgIpc) is 2.69. The van der Waals surface area contributed by atoms with E-state index in [1.165, 1.54) is 18.7 Å². The summed E-state index contributed by atoms with van der Waals surface area (Å²) in [6.45, 7) is 2.26. The topological polar surface area (TPSA) is 96.5 Å². The van der Waals surface area contributed by atoms with Gasteiger partial charge in [0.1, 0.15) is 0 Å². The summed E-state index contributed by atoms with van der Waals surface area (Å²) in [5.74, 6) is -0.564. The summed E-state index contributed by atoms with van der Waals surface area (Å²) in [7, 11) is 1.56. The number of anilines is 2. The minimum absolute atomic E-state index is 0.145. The summed E-state index contributed by atoms with van der Waals surface area (Å²) in [4.78, 5) is 36.6. The lowest BCUT2D eigenvalue weighted by Gasteiger charge is -2.12. The van der Waals surface area contributed by atoms with E-state index in [1.54, 1.807) is 49.6 Å². The van der Waals surface area contributed by atoms with Gasteiger partial charge in [0.25, 0.3) is 5.91 Å². The standard InChI is InChI=1S/C20H22ClN3O4S/c1-13(25)23-14-7-8-16(21)17(11-14)24-20(27)15-5-3-4-6-18(15)29-12-19(26)22-9-10-28-2/h3-8,11H,9-10,12H2,1-2H3,(H,22,26)(H,23,25)(H,24,27). The first-order chi connectivity index (χ1) is 13.9. The molecule has 0 saturated carbocycles. The van der Waals surface area contributed by atoms with E-state index in [0.717, 1.165) is 0 Å². The Kier molecular flexibility index (Phi) is 8.98. The zero-order valence-corrected chi connectivity index (χ0v) is 17.7. The van der Waals surface area contributed by atoms with Crippen molar-refractivity contribution in [3.05, 3.63) is 53.1 Å². The number of rotatable bonds is 9. The van der Waals surface area contributed by atoms with Crippen LogP contribution in [0.5, 0.6) is 0 Å². The molecule has 0 spiro atoms. The molecule has 0 bridgehead atoms. The maximum atomic E-state index is 12.8. The number of halogens is 1. The van der Waals surface area contributed by atoms with Gasteiger partial charge < -0.3 is 20.7 Å². The third-order valence-corrected chi connectivity index (χ3v) is 5.06. The summed E-state index contributed by atoms with van der Waals surface area (Å²) < 4.78 is 4.89. The van der Waals surface area contributed by atoms with Gasteiger partial charge in [-0.3, -0.25) is 14.4 Å². The van der Waals surface area contributed by atoms with Gasteiger partial charge in [-0.05, 0) is 30.3 Å². The average molecular weight is 436 g/mol. The molecule has 0 aliphatic rings. The lowest BCUT2D eigenvalue weighted by atomic mass is 10.2. The molecule has 3 amide bonds. The predicted octanol–water partition coefficient (Wildman–Crippen LogP) is 3.41. The lowest BCUT2D eigenvalue weighted by molar-refractivity contribution is -0.118. The first-order valence-electron chi connectivity index (χ1n) is 8.76. The molecule has 0 fully saturated rings. The highest BCUT2D eigenvalue weighted by Gasteiger charge is 2.15. The van der Waals surface area contributed by atoms with E-state index in [4.69, 9.17) is 16.3 Å². The minimum atomic E-state index is -0.366. The largest absolute Gasteiger partial charge is 0.383 e. The second kappa shape index (κ2) is 11.5. The van der Waals surface area contributed by atoms with Crippen LogP contribution in [0.4, 0.5) is 11.4 Å². The van der Waals surface area contributed by atoms with Crippen molar-refractivity contribution < 1.29 is 19.1 Å². The monoisotopic (exact) mass is 435 g/mol. The number of hydrogen-bond donors (Lipinski definition) is 3. The molecule has 0 radical (unpaired) electrons. The van der Waals surface area contributed by atoms with Crippen molar-refractivity contribution in [3.8, 4) is 0 Å². The second-order valence-corrected chi connectivity index (χ2v) is 7.38. The molecule has 0 unspecified atom stereocenters. The SMILES string of the molecule is COCCNC(=O)CSc1ccccc1C(=O)Nc1cc(NC(C)=O)ccc1Cl. The number of ether oxygens (including phenoxy) is 1. The summed E-state index contributed by atoms with van der Waals surface area (Å²) in [5.41, 5.74) is 1.32. The Morgan fingerprint density at radius 3 is 2.59 bits per heavy atom. The molecular formula is C20H22ClN3O4S. The molecule has 9 heteroatoms. The molecule has 2 rings (SSSR count). The fraction of sp³-hybridized carbons (Fsp3) is 0.250. The van der Waals surface area contributed by atoms with Crippen LogP contribution in [-0.4, -0.2) is 43.7 Å². The van der Waals surface area contributed by atoms with E-state index in [0.29, 0.717) is 40.0 Å². The maximum absolute atomic E-state index is 12.8. The number of hydrogen-bond acceptors (Lipinski definition) is 5. The fourth-order valence-electron chi connectivity index (χ4n) is 2.36. The van der Waals surface area contributed by atoms with E-state index in [1.807, 2.05) is 0 Å². The molecule has 0 aliphatic carbocycles. The van der Waals surface area contributed by atoms with E-state index >= 15 is 0 Å². The maximum Gasteiger partial charge on any atom is 0.256 e. The minimum Gasteiger partial charge on any atom is -0.383 e. The van der Waals surface area contributed by atoms with Crippen molar-refractivity contribution in [3.63, 3.8) is 0 Å². The third-order valence-electron chi connectivity index (χ3n) is 3.65. The van der Waals surface area contributed by atoms with Gasteiger partial charge in [0.15, 0.2) is 0 Å². The number of carbonyl (C=O) groups is 3. The van der Waals surface area contributed by atoms with E-state index in [2.05, 4.69) is 16.0 Å². The smallest absolute Gasteiger partial charge is 0.256 e. The molecule has 0 aliphatic heterocycles. The van der Waals surface area contributed by atoms with E-state index in [9.17, 15) is 14.4 Å². The van der Waals surface area contributed by atoms with E-state index < -0.39 is 0 Å². The van der Waals surface area contributed by atoms with Gasteiger partial charge in [-0.15, -0.1) is 11.8 Å². The Morgan fingerprint density at radius 2 is 1.86 bits per heavy atom. The first-order valence-corrected chi connectivity index (χ1v) is 10.1. The molecular weight excluding hydrogens is 414 g/mol. The summed E-state index contributed by atoms with van der Waals surface area (Å²) >= 11 is 7.44. The molecule has 0 aromatic heterocycles. The van der Waals surface area contributed by atoms with Gasteiger partial charge in [-0.2, -0.15) is 0 Å². The summed E-state index contributed by atoms with van der Waals surface area (Å²) in [6, 6.07) is 11.8. The van der Waals surface area contributed by atoms with Crippen LogP contribution in [0.1, 0.15) is 17.3 Å². The Labute approximate surface area is 178 Å².